The van der Waals surface area contributed by atoms with Gasteiger partial charge in [-0.1, -0.05) is 61.4 Å². The number of ether oxygens (including phenoxy) is 2. The Bertz CT molecular complexity index is 2670. The lowest BCUT2D eigenvalue weighted by molar-refractivity contribution is -0.137. The summed E-state index contributed by atoms with van der Waals surface area (Å²) in [6.45, 7) is 9.23. The molecule has 1 unspecified atom stereocenters. The molecule has 0 bridgehead atoms. The van der Waals surface area contributed by atoms with Crippen LogP contribution in [-0.4, -0.2) is 74.3 Å². The Morgan fingerprint density at radius 1 is 0.889 bits per heavy atom. The van der Waals surface area contributed by atoms with Crippen LogP contribution >= 0.6 is 0 Å². The number of hydrogen-bond acceptors (Lipinski definition) is 8. The first kappa shape index (κ1) is 45.0. The maximum absolute atomic E-state index is 13.7. The number of methoxy groups -OCH3 is 2. The topological polar surface area (TPSA) is 164 Å². The van der Waals surface area contributed by atoms with Crippen molar-refractivity contribution in [3.05, 3.63) is 118 Å². The number of nitrogens with zero attached hydrogens (tertiary/aromatic N) is 3. The van der Waals surface area contributed by atoms with Crippen LogP contribution in [0.25, 0.3) is 21.8 Å². The van der Waals surface area contributed by atoms with Gasteiger partial charge < -0.3 is 29.8 Å². The number of carboxylic acid groups (broad SMARTS) is 1. The summed E-state index contributed by atoms with van der Waals surface area (Å²) in [6.07, 6.45) is 8.82. The highest BCUT2D eigenvalue weighted by Gasteiger charge is 2.38. The molecule has 3 heterocycles. The van der Waals surface area contributed by atoms with Crippen molar-refractivity contribution >= 4 is 56.1 Å². The van der Waals surface area contributed by atoms with Crippen LogP contribution in [0.2, 0.25) is 0 Å². The number of pyridine rings is 1. The molecule has 2 fully saturated rings. The zero-order valence-corrected chi connectivity index (χ0v) is 37.8. The fourth-order valence-corrected chi connectivity index (χ4v) is 10.5. The molecule has 2 aromatic heterocycles. The van der Waals surface area contributed by atoms with Crippen LogP contribution in [0.5, 0.6) is 11.5 Å². The first-order valence-corrected chi connectivity index (χ1v) is 22.9. The summed E-state index contributed by atoms with van der Waals surface area (Å²) < 4.78 is 23.3. The van der Waals surface area contributed by atoms with Crippen molar-refractivity contribution < 1.29 is 33.2 Å². The number of likely N-dealkylation sites (tertiary alicyclic amines) is 1. The molecule has 2 atom stereocenters. The number of carbonyl (C=O) groups is 3. The van der Waals surface area contributed by atoms with Gasteiger partial charge in [0, 0.05) is 48.8 Å². The van der Waals surface area contributed by atoms with Gasteiger partial charge in [0.1, 0.15) is 11.5 Å². The van der Waals surface area contributed by atoms with E-state index < -0.39 is 22.7 Å². The van der Waals surface area contributed by atoms with Crippen LogP contribution in [-0.2, 0) is 26.1 Å². The van der Waals surface area contributed by atoms with Gasteiger partial charge in [-0.25, -0.2) is 4.98 Å². The summed E-state index contributed by atoms with van der Waals surface area (Å²) >= 11 is 0. The quantitative estimate of drug-likeness (QED) is 0.109. The molecule has 1 aliphatic carbocycles. The lowest BCUT2D eigenvalue weighted by Crippen LogP contribution is -2.42. The van der Waals surface area contributed by atoms with Crippen molar-refractivity contribution in [2.45, 2.75) is 95.9 Å². The number of imidazole rings is 1. The molecule has 3 N–H and O–H groups in total. The van der Waals surface area contributed by atoms with Crippen LogP contribution in [0, 0.1) is 33.1 Å². The number of amides is 2. The summed E-state index contributed by atoms with van der Waals surface area (Å²) in [7, 11) is 1.91. The monoisotopic (exact) mass is 871 g/mol. The zero-order chi connectivity index (χ0) is 44.8. The normalized spacial score (nSPS) is 15.4. The molecule has 330 valence electrons. The van der Waals surface area contributed by atoms with Gasteiger partial charge in [0.05, 0.1) is 65.2 Å². The highest BCUT2D eigenvalue weighted by atomic mass is 32.2. The van der Waals surface area contributed by atoms with Gasteiger partial charge in [-0.2, -0.15) is 0 Å². The van der Waals surface area contributed by atoms with Crippen molar-refractivity contribution in [1.82, 2.24) is 19.9 Å². The third kappa shape index (κ3) is 10.3. The predicted molar refractivity (Wildman–Crippen MR) is 247 cm³/mol. The van der Waals surface area contributed by atoms with Crippen LogP contribution in [0.4, 0.5) is 5.69 Å². The minimum absolute atomic E-state index is 0.00743. The number of carbonyl (C=O) groups excluding carboxylic acids is 2. The average Bonchev–Trinajstić information content (AvgIpc) is 3.92. The summed E-state index contributed by atoms with van der Waals surface area (Å²) in [5.41, 5.74) is 8.26. The number of piperidine rings is 1. The van der Waals surface area contributed by atoms with Crippen molar-refractivity contribution in [2.75, 3.05) is 32.6 Å². The molecule has 1 spiro atoms. The number of nitrogens with one attached hydrogen (secondary N) is 2. The molecular formula is C50H57N5O7S. The minimum Gasteiger partial charge on any atom is -0.497 e. The van der Waals surface area contributed by atoms with Gasteiger partial charge in [-0.3, -0.25) is 23.6 Å². The molecule has 1 saturated heterocycles. The van der Waals surface area contributed by atoms with E-state index in [0.717, 1.165) is 92.7 Å². The van der Waals surface area contributed by atoms with E-state index in [4.69, 9.17) is 9.47 Å². The molecule has 8 rings (SSSR count). The van der Waals surface area contributed by atoms with Crippen LogP contribution in [0.3, 0.4) is 0 Å². The standard InChI is InChI=1S/C33H38N2O4.C17H19N3O3S/c1-22-18-23(2)31(28(19-22)32(39)35-16-14-33(15-17-35)12-5-6-13-33)34-29(36)20-25(21-30(37)38)27-11-7-9-24-8-3-4-10-26(24)27;1-10-8-18-15(11(2)16(10)23-4)9-24(21)17-19-13-6-5-12(22-3)7-14(13)20-17/h3-4,7-11,18-19,25H,5-6,12-17,20-21H2,1-2H3,(H,34,36)(H,37,38);5-8H,9H2,1-4H3,(H,19,20)/t25-;/m1./s1. The van der Waals surface area contributed by atoms with E-state index >= 15 is 0 Å². The Kier molecular flexibility index (Phi) is 13.9. The molecule has 1 aliphatic heterocycles. The van der Waals surface area contributed by atoms with Crippen molar-refractivity contribution in [2.24, 2.45) is 5.41 Å². The fraction of sp³-hybridized carbons (Fsp3) is 0.380. The second-order valence-electron chi connectivity index (χ2n) is 17.1. The third-order valence-corrected chi connectivity index (χ3v) is 13.9. The van der Waals surface area contributed by atoms with Gasteiger partial charge in [0.25, 0.3) is 5.91 Å². The van der Waals surface area contributed by atoms with E-state index in [-0.39, 0.29) is 30.4 Å². The Labute approximate surface area is 371 Å². The maximum atomic E-state index is 13.7. The van der Waals surface area contributed by atoms with Gasteiger partial charge in [-0.15, -0.1) is 0 Å². The lowest BCUT2D eigenvalue weighted by atomic mass is 9.77. The number of aryl methyl sites for hydroxylation is 3. The Morgan fingerprint density at radius 3 is 2.33 bits per heavy atom. The highest BCUT2D eigenvalue weighted by molar-refractivity contribution is 7.84. The van der Waals surface area contributed by atoms with Crippen molar-refractivity contribution in [3.63, 3.8) is 0 Å². The molecule has 63 heavy (non-hydrogen) atoms. The number of aliphatic carboxylic acids is 1. The largest absolute Gasteiger partial charge is 0.497 e. The third-order valence-electron chi connectivity index (χ3n) is 12.8. The molecule has 4 aromatic carbocycles. The number of aromatic amines is 1. The number of H-pyrrole nitrogens is 1. The minimum atomic E-state index is -1.33. The first-order valence-electron chi connectivity index (χ1n) is 21.6. The summed E-state index contributed by atoms with van der Waals surface area (Å²) in [6, 6.07) is 22.9. The number of anilines is 1. The Hall–Kier alpha value is -6.08. The Morgan fingerprint density at radius 2 is 1.62 bits per heavy atom. The van der Waals surface area contributed by atoms with E-state index in [0.29, 0.717) is 21.8 Å². The molecule has 2 amide bonds. The zero-order valence-electron chi connectivity index (χ0n) is 37.0. The fourth-order valence-electron chi connectivity index (χ4n) is 9.41. The van der Waals surface area contributed by atoms with Gasteiger partial charge in [0.2, 0.25) is 5.91 Å². The Balaban J connectivity index is 0.000000212. The SMILES string of the molecule is COc1ccc2nc(S(=O)Cc3ncc(C)c(OC)c3C)[nH]c2c1.Cc1cc(C)c(NC(=O)C[C@H](CC(=O)O)c2cccc3ccccc23)c(C(=O)N2CCC3(CCCC3)CC2)c1. The van der Waals surface area contributed by atoms with Crippen molar-refractivity contribution in [3.8, 4) is 11.5 Å². The summed E-state index contributed by atoms with van der Waals surface area (Å²) in [4.78, 5) is 52.8. The number of aromatic nitrogens is 3. The molecule has 1 saturated carbocycles. The molecule has 6 aromatic rings. The smallest absolute Gasteiger partial charge is 0.303 e. The van der Waals surface area contributed by atoms with Crippen molar-refractivity contribution in [1.29, 1.82) is 0 Å². The van der Waals surface area contributed by atoms with Crippen LogP contribution in [0.1, 0.15) is 101 Å². The second-order valence-corrected chi connectivity index (χ2v) is 18.4. The highest BCUT2D eigenvalue weighted by Crippen LogP contribution is 2.46. The van der Waals surface area contributed by atoms with Gasteiger partial charge in [0.15, 0.2) is 5.16 Å². The molecule has 12 nitrogen and oxygen atoms in total. The van der Waals surface area contributed by atoms with E-state index in [1.807, 2.05) is 105 Å². The summed E-state index contributed by atoms with van der Waals surface area (Å²) in [5.74, 6) is 0.00581. The lowest BCUT2D eigenvalue weighted by Gasteiger charge is -2.39. The average molecular weight is 872 g/mol. The number of fused-ring (bicyclic) bond motifs is 2. The molecule has 0 radical (unpaired) electrons. The number of rotatable bonds is 12. The molecule has 13 heteroatoms. The number of benzene rings is 4. The number of carboxylic acids is 1. The van der Waals surface area contributed by atoms with Crippen LogP contribution < -0.4 is 14.8 Å². The van der Waals surface area contributed by atoms with Crippen LogP contribution in [0.15, 0.2) is 84.1 Å². The predicted octanol–water partition coefficient (Wildman–Crippen LogP) is 9.74. The van der Waals surface area contributed by atoms with Gasteiger partial charge in [-0.05, 0) is 104 Å². The summed E-state index contributed by atoms with van der Waals surface area (Å²) in [5, 5.41) is 15.1. The van der Waals surface area contributed by atoms with E-state index in [9.17, 15) is 23.7 Å². The molecule has 2 aliphatic rings. The van der Waals surface area contributed by atoms with E-state index in [1.54, 1.807) is 20.4 Å². The van der Waals surface area contributed by atoms with Gasteiger partial charge >= 0.3 is 5.97 Å². The molecular weight excluding hydrogens is 815 g/mol. The van der Waals surface area contributed by atoms with E-state index in [1.165, 1.54) is 25.7 Å². The van der Waals surface area contributed by atoms with E-state index in [2.05, 4.69) is 20.3 Å². The number of hydrogen-bond donors (Lipinski definition) is 3. The second kappa shape index (κ2) is 19.5. The first-order chi connectivity index (χ1) is 30.3. The maximum Gasteiger partial charge on any atom is 0.303 e.